The summed E-state index contributed by atoms with van der Waals surface area (Å²) in [7, 11) is 0. The van der Waals surface area contributed by atoms with Crippen molar-refractivity contribution in [2.75, 3.05) is 29.9 Å². The van der Waals surface area contributed by atoms with E-state index in [1.807, 2.05) is 36.0 Å². The molecule has 3 saturated carbocycles. The third-order valence-electron chi connectivity index (χ3n) is 6.78. The van der Waals surface area contributed by atoms with Crippen LogP contribution >= 0.6 is 11.8 Å². The Kier molecular flexibility index (Phi) is 3.92. The minimum Gasteiger partial charge on any atom is -0.362 e. The molecule has 2 heterocycles. The lowest BCUT2D eigenvalue weighted by atomic mass is 9.58. The van der Waals surface area contributed by atoms with Crippen LogP contribution in [0.3, 0.4) is 0 Å². The zero-order valence-corrected chi connectivity index (χ0v) is 15.7. The fourth-order valence-corrected chi connectivity index (χ4v) is 6.37. The van der Waals surface area contributed by atoms with E-state index < -0.39 is 0 Å². The summed E-state index contributed by atoms with van der Waals surface area (Å²) in [5.74, 6) is 3.31. The monoisotopic (exact) mass is 371 g/mol. The second-order valence-electron chi connectivity index (χ2n) is 8.11. The van der Waals surface area contributed by atoms with Crippen molar-refractivity contribution in [1.82, 2.24) is 10.2 Å². The summed E-state index contributed by atoms with van der Waals surface area (Å²) in [5, 5.41) is 6.93. The van der Waals surface area contributed by atoms with E-state index in [1.54, 1.807) is 0 Å². The average molecular weight is 372 g/mol. The highest BCUT2D eigenvalue weighted by Gasteiger charge is 2.55. The Morgan fingerprint density at radius 1 is 1.15 bits per heavy atom. The molecule has 1 saturated heterocycles. The van der Waals surface area contributed by atoms with E-state index in [-0.39, 0.29) is 17.5 Å². The Balaban J connectivity index is 1.38. The van der Waals surface area contributed by atoms with E-state index in [0.717, 1.165) is 61.5 Å². The highest BCUT2D eigenvalue weighted by molar-refractivity contribution is 7.99. The standard InChI is InChI=1S/C20H25N3O2S/c24-18-15-3-1-2-4-17(15)21-20(22-18)12-13-5-6-14(20)11-16(13)19(25)23-7-9-26-10-8-23/h1-4,13-14,16,21H,5-12H2,(H,22,24)/t13-,14-,16-,20-/m0/s1. The van der Waals surface area contributed by atoms with Gasteiger partial charge in [0.2, 0.25) is 5.91 Å². The summed E-state index contributed by atoms with van der Waals surface area (Å²) in [6.07, 6.45) is 3.93. The molecule has 4 fully saturated rings. The van der Waals surface area contributed by atoms with Crippen molar-refractivity contribution < 1.29 is 9.59 Å². The number of carbonyl (C=O) groups is 2. The van der Waals surface area contributed by atoms with Crippen LogP contribution in [0.15, 0.2) is 24.3 Å². The first kappa shape index (κ1) is 16.5. The number of anilines is 1. The summed E-state index contributed by atoms with van der Waals surface area (Å²) >= 11 is 1.94. The van der Waals surface area contributed by atoms with Gasteiger partial charge >= 0.3 is 0 Å². The highest BCUT2D eigenvalue weighted by Crippen LogP contribution is 2.52. The summed E-state index contributed by atoms with van der Waals surface area (Å²) < 4.78 is 0. The van der Waals surface area contributed by atoms with Crippen molar-refractivity contribution in [3.8, 4) is 0 Å². The van der Waals surface area contributed by atoms with Gasteiger partial charge < -0.3 is 15.5 Å². The molecule has 6 heteroatoms. The van der Waals surface area contributed by atoms with Crippen LogP contribution in [-0.4, -0.2) is 47.0 Å². The predicted molar refractivity (Wildman–Crippen MR) is 103 cm³/mol. The van der Waals surface area contributed by atoms with Crippen molar-refractivity contribution in [3.05, 3.63) is 29.8 Å². The van der Waals surface area contributed by atoms with Gasteiger partial charge in [0.25, 0.3) is 5.91 Å². The van der Waals surface area contributed by atoms with Crippen LogP contribution in [-0.2, 0) is 4.79 Å². The van der Waals surface area contributed by atoms with Gasteiger partial charge in [-0.15, -0.1) is 0 Å². The number of nitrogens with zero attached hydrogens (tertiary/aromatic N) is 1. The quantitative estimate of drug-likeness (QED) is 0.796. The summed E-state index contributed by atoms with van der Waals surface area (Å²) in [6.45, 7) is 1.79. The smallest absolute Gasteiger partial charge is 0.255 e. The lowest BCUT2D eigenvalue weighted by Gasteiger charge is -2.56. The van der Waals surface area contributed by atoms with Crippen molar-refractivity contribution >= 4 is 29.3 Å². The van der Waals surface area contributed by atoms with Gasteiger partial charge in [-0.05, 0) is 43.7 Å². The van der Waals surface area contributed by atoms with Crippen LogP contribution < -0.4 is 10.6 Å². The SMILES string of the molecule is O=C1N[C@]2(C[C@@H]3CC[C@H]2C[C@@H]3C(=O)N2CCSCC2)Nc2ccccc21. The normalized spacial score (nSPS) is 35.6. The van der Waals surface area contributed by atoms with Crippen LogP contribution in [0.1, 0.15) is 36.0 Å². The second-order valence-corrected chi connectivity index (χ2v) is 9.34. The van der Waals surface area contributed by atoms with E-state index in [1.165, 1.54) is 0 Å². The number of rotatable bonds is 1. The van der Waals surface area contributed by atoms with E-state index >= 15 is 0 Å². The van der Waals surface area contributed by atoms with Gasteiger partial charge in [-0.25, -0.2) is 0 Å². The molecule has 5 nitrogen and oxygen atoms in total. The third-order valence-corrected chi connectivity index (χ3v) is 7.72. The fraction of sp³-hybridized carbons (Fsp3) is 0.600. The van der Waals surface area contributed by atoms with E-state index in [4.69, 9.17) is 0 Å². The topological polar surface area (TPSA) is 61.4 Å². The first-order valence-electron chi connectivity index (χ1n) is 9.72. The molecule has 1 aromatic rings. The molecule has 4 atom stereocenters. The molecule has 0 unspecified atom stereocenters. The number of para-hydroxylation sites is 1. The van der Waals surface area contributed by atoms with Crippen LogP contribution in [0.25, 0.3) is 0 Å². The van der Waals surface area contributed by atoms with Gasteiger partial charge in [0.05, 0.1) is 5.56 Å². The molecular weight excluding hydrogens is 346 g/mol. The molecule has 3 aliphatic carbocycles. The molecular formula is C20H25N3O2S. The molecule has 1 aromatic carbocycles. The minimum atomic E-state index is -0.372. The molecule has 26 heavy (non-hydrogen) atoms. The molecule has 2 aliphatic heterocycles. The Bertz CT molecular complexity index is 748. The lowest BCUT2D eigenvalue weighted by molar-refractivity contribution is -0.142. The Morgan fingerprint density at radius 2 is 1.96 bits per heavy atom. The zero-order valence-electron chi connectivity index (χ0n) is 14.9. The van der Waals surface area contributed by atoms with Crippen molar-refractivity contribution in [3.63, 3.8) is 0 Å². The van der Waals surface area contributed by atoms with Crippen LogP contribution in [0.2, 0.25) is 0 Å². The number of fused-ring (bicyclic) bond motifs is 3. The number of nitrogens with one attached hydrogen (secondary N) is 2. The van der Waals surface area contributed by atoms with E-state index in [9.17, 15) is 9.59 Å². The molecule has 2 N–H and O–H groups in total. The molecule has 0 radical (unpaired) electrons. The Morgan fingerprint density at radius 3 is 2.73 bits per heavy atom. The van der Waals surface area contributed by atoms with Crippen molar-refractivity contribution in [2.24, 2.45) is 17.8 Å². The number of hydrogen-bond donors (Lipinski definition) is 2. The average Bonchev–Trinajstić information content (AvgIpc) is 2.68. The highest BCUT2D eigenvalue weighted by atomic mass is 32.2. The maximum Gasteiger partial charge on any atom is 0.255 e. The lowest BCUT2D eigenvalue weighted by Crippen LogP contribution is -2.68. The van der Waals surface area contributed by atoms with Crippen LogP contribution in [0.4, 0.5) is 5.69 Å². The number of thioether (sulfide) groups is 1. The Labute approximate surface area is 158 Å². The van der Waals surface area contributed by atoms with Gasteiger partial charge in [-0.3, -0.25) is 9.59 Å². The second kappa shape index (κ2) is 6.19. The van der Waals surface area contributed by atoms with Gasteiger partial charge in [-0.2, -0.15) is 11.8 Å². The first-order valence-corrected chi connectivity index (χ1v) is 10.9. The van der Waals surface area contributed by atoms with Gasteiger partial charge in [-0.1, -0.05) is 12.1 Å². The summed E-state index contributed by atoms with van der Waals surface area (Å²) in [4.78, 5) is 27.8. The molecule has 0 aromatic heterocycles. The Hall–Kier alpha value is -1.69. The molecule has 138 valence electrons. The maximum atomic E-state index is 13.1. The molecule has 2 amide bonds. The minimum absolute atomic E-state index is 0.0165. The van der Waals surface area contributed by atoms with Gasteiger partial charge in [0.15, 0.2) is 0 Å². The third kappa shape index (κ3) is 2.53. The maximum absolute atomic E-state index is 13.1. The summed E-state index contributed by atoms with van der Waals surface area (Å²) in [5.41, 5.74) is 1.28. The number of carbonyl (C=O) groups excluding carboxylic acids is 2. The largest absolute Gasteiger partial charge is 0.362 e. The number of benzene rings is 1. The van der Waals surface area contributed by atoms with Gasteiger partial charge in [0.1, 0.15) is 5.66 Å². The van der Waals surface area contributed by atoms with E-state index in [2.05, 4.69) is 15.5 Å². The number of amides is 2. The van der Waals surface area contributed by atoms with E-state index in [0.29, 0.717) is 17.7 Å². The van der Waals surface area contributed by atoms with Crippen LogP contribution in [0.5, 0.6) is 0 Å². The molecule has 2 bridgehead atoms. The molecule has 1 spiro atoms. The van der Waals surface area contributed by atoms with Crippen molar-refractivity contribution in [2.45, 2.75) is 31.3 Å². The predicted octanol–water partition coefficient (Wildman–Crippen LogP) is 2.55. The number of hydrogen-bond acceptors (Lipinski definition) is 4. The van der Waals surface area contributed by atoms with Gasteiger partial charge in [0, 0.05) is 42.1 Å². The fourth-order valence-electron chi connectivity index (χ4n) is 5.46. The first-order chi connectivity index (χ1) is 12.7. The molecule has 5 aliphatic rings. The zero-order chi connectivity index (χ0) is 17.7. The van der Waals surface area contributed by atoms with Crippen LogP contribution in [0, 0.1) is 17.8 Å². The summed E-state index contributed by atoms with van der Waals surface area (Å²) in [6, 6.07) is 7.73. The molecule has 6 rings (SSSR count). The van der Waals surface area contributed by atoms with Crippen molar-refractivity contribution in [1.29, 1.82) is 0 Å².